The summed E-state index contributed by atoms with van der Waals surface area (Å²) in [7, 11) is 2.24. The molecule has 0 saturated carbocycles. The van der Waals surface area contributed by atoms with Crippen molar-refractivity contribution < 1.29 is 4.74 Å². The summed E-state index contributed by atoms with van der Waals surface area (Å²) in [5.74, 6) is 0. The zero-order chi connectivity index (χ0) is 13.2. The van der Waals surface area contributed by atoms with Gasteiger partial charge in [-0.05, 0) is 52.2 Å². The molecule has 108 valence electrons. The zero-order valence-electron chi connectivity index (χ0n) is 12.6. The van der Waals surface area contributed by atoms with Gasteiger partial charge in [-0.15, -0.1) is 0 Å². The van der Waals surface area contributed by atoms with Crippen LogP contribution in [0, 0.1) is 0 Å². The van der Waals surface area contributed by atoms with Crippen LogP contribution in [-0.4, -0.2) is 50.3 Å². The number of hydrogen-bond donors (Lipinski definition) is 1. The highest BCUT2D eigenvalue weighted by atomic mass is 16.5. The Hall–Kier alpha value is -0.120. The minimum atomic E-state index is 0.410. The third-order valence-electron chi connectivity index (χ3n) is 3.89. The summed E-state index contributed by atoms with van der Waals surface area (Å²) in [6, 6.07) is 0.760. The minimum Gasteiger partial charge on any atom is -0.377 e. The van der Waals surface area contributed by atoms with Gasteiger partial charge in [0.05, 0.1) is 6.10 Å². The summed E-state index contributed by atoms with van der Waals surface area (Å²) >= 11 is 0. The van der Waals surface area contributed by atoms with E-state index in [-0.39, 0.29) is 0 Å². The molecule has 0 aromatic rings. The van der Waals surface area contributed by atoms with E-state index in [4.69, 9.17) is 4.74 Å². The Balaban J connectivity index is 2.11. The number of rotatable bonds is 10. The molecule has 3 nitrogen and oxygen atoms in total. The van der Waals surface area contributed by atoms with E-state index in [2.05, 4.69) is 31.1 Å². The molecule has 2 atom stereocenters. The summed E-state index contributed by atoms with van der Waals surface area (Å²) in [6.07, 6.45) is 7.91. The maximum absolute atomic E-state index is 6.05. The Kier molecular flexibility index (Phi) is 8.64. The Morgan fingerprint density at radius 1 is 1.33 bits per heavy atom. The maximum atomic E-state index is 6.05. The normalized spacial score (nSPS) is 22.5. The summed E-state index contributed by atoms with van der Waals surface area (Å²) in [5, 5.41) is 3.47. The molecule has 0 radical (unpaired) electrons. The van der Waals surface area contributed by atoms with Crippen LogP contribution in [0.3, 0.4) is 0 Å². The second-order valence-electron chi connectivity index (χ2n) is 5.55. The largest absolute Gasteiger partial charge is 0.377 e. The molecule has 0 amide bonds. The predicted molar refractivity (Wildman–Crippen MR) is 78.1 cm³/mol. The molecule has 1 aliphatic rings. The zero-order valence-corrected chi connectivity index (χ0v) is 12.6. The number of hydrogen-bond acceptors (Lipinski definition) is 3. The van der Waals surface area contributed by atoms with Crippen LogP contribution in [0.15, 0.2) is 0 Å². The van der Waals surface area contributed by atoms with Crippen LogP contribution < -0.4 is 5.32 Å². The van der Waals surface area contributed by atoms with Gasteiger partial charge in [-0.2, -0.15) is 0 Å². The van der Waals surface area contributed by atoms with Crippen molar-refractivity contribution >= 4 is 0 Å². The average molecular weight is 256 g/mol. The van der Waals surface area contributed by atoms with Gasteiger partial charge in [-0.25, -0.2) is 0 Å². The van der Waals surface area contributed by atoms with Gasteiger partial charge in [0, 0.05) is 19.2 Å². The number of likely N-dealkylation sites (tertiary alicyclic amines) is 1. The van der Waals surface area contributed by atoms with Crippen LogP contribution in [0.2, 0.25) is 0 Å². The van der Waals surface area contributed by atoms with Crippen LogP contribution in [-0.2, 0) is 4.74 Å². The first-order valence-corrected chi connectivity index (χ1v) is 7.80. The fraction of sp³-hybridized carbons (Fsp3) is 1.00. The number of ether oxygens (including phenoxy) is 1. The highest BCUT2D eigenvalue weighted by Gasteiger charge is 2.20. The van der Waals surface area contributed by atoms with E-state index >= 15 is 0 Å². The third kappa shape index (κ3) is 6.17. The average Bonchev–Trinajstić information content (AvgIpc) is 2.75. The maximum Gasteiger partial charge on any atom is 0.0699 e. The van der Waals surface area contributed by atoms with Gasteiger partial charge in [0.15, 0.2) is 0 Å². The van der Waals surface area contributed by atoms with Gasteiger partial charge in [-0.3, -0.25) is 0 Å². The molecule has 1 fully saturated rings. The minimum absolute atomic E-state index is 0.410. The molecule has 0 aliphatic carbocycles. The summed E-state index contributed by atoms with van der Waals surface area (Å²) in [4.78, 5) is 2.48. The Morgan fingerprint density at radius 3 is 2.78 bits per heavy atom. The van der Waals surface area contributed by atoms with Gasteiger partial charge in [-0.1, -0.05) is 20.3 Å². The van der Waals surface area contributed by atoms with Crippen molar-refractivity contribution in [2.75, 3.05) is 33.3 Å². The summed E-state index contributed by atoms with van der Waals surface area (Å²) in [5.41, 5.74) is 0. The predicted octanol–water partition coefficient (Wildman–Crippen LogP) is 2.66. The van der Waals surface area contributed by atoms with E-state index in [0.29, 0.717) is 6.10 Å². The number of nitrogens with one attached hydrogen (secondary N) is 1. The molecule has 1 aliphatic heterocycles. The molecule has 0 bridgehead atoms. The van der Waals surface area contributed by atoms with Gasteiger partial charge in [0.25, 0.3) is 0 Å². The molecule has 18 heavy (non-hydrogen) atoms. The van der Waals surface area contributed by atoms with Crippen LogP contribution in [0.1, 0.15) is 52.4 Å². The SMILES string of the molecule is CCCNCC(CCC)OCCC1CCCN1C. The highest BCUT2D eigenvalue weighted by Crippen LogP contribution is 2.18. The molecule has 1 heterocycles. The molecule has 1 N–H and O–H groups in total. The van der Waals surface area contributed by atoms with Gasteiger partial charge < -0.3 is 15.0 Å². The Labute approximate surface area is 113 Å². The topological polar surface area (TPSA) is 24.5 Å². The first kappa shape index (κ1) is 15.9. The summed E-state index contributed by atoms with van der Waals surface area (Å²) < 4.78 is 6.05. The van der Waals surface area contributed by atoms with Crippen LogP contribution >= 0.6 is 0 Å². The number of nitrogens with zero attached hydrogens (tertiary/aromatic N) is 1. The molecule has 1 rings (SSSR count). The standard InChI is InChI=1S/C15H32N2O/c1-4-7-15(13-16-10-5-2)18-12-9-14-8-6-11-17(14)3/h14-16H,4-13H2,1-3H3. The lowest BCUT2D eigenvalue weighted by Crippen LogP contribution is -2.31. The quantitative estimate of drug-likeness (QED) is 0.608. The third-order valence-corrected chi connectivity index (χ3v) is 3.89. The fourth-order valence-corrected chi connectivity index (χ4v) is 2.72. The van der Waals surface area contributed by atoms with E-state index in [1.165, 1.54) is 45.1 Å². The second-order valence-corrected chi connectivity index (χ2v) is 5.55. The van der Waals surface area contributed by atoms with E-state index < -0.39 is 0 Å². The van der Waals surface area contributed by atoms with Crippen molar-refractivity contribution in [3.05, 3.63) is 0 Å². The van der Waals surface area contributed by atoms with Crippen molar-refractivity contribution in [2.45, 2.75) is 64.5 Å². The van der Waals surface area contributed by atoms with Crippen LogP contribution in [0.5, 0.6) is 0 Å². The highest BCUT2D eigenvalue weighted by molar-refractivity contribution is 4.76. The molecular weight excluding hydrogens is 224 g/mol. The lowest BCUT2D eigenvalue weighted by molar-refractivity contribution is 0.0368. The molecule has 3 heteroatoms. The van der Waals surface area contributed by atoms with E-state index in [1.807, 2.05) is 0 Å². The van der Waals surface area contributed by atoms with Crippen molar-refractivity contribution in [3.8, 4) is 0 Å². The summed E-state index contributed by atoms with van der Waals surface area (Å²) in [6.45, 7) is 8.76. The van der Waals surface area contributed by atoms with Gasteiger partial charge in [0.2, 0.25) is 0 Å². The fourth-order valence-electron chi connectivity index (χ4n) is 2.72. The molecule has 1 saturated heterocycles. The Morgan fingerprint density at radius 2 is 2.17 bits per heavy atom. The van der Waals surface area contributed by atoms with Crippen molar-refractivity contribution in [3.63, 3.8) is 0 Å². The van der Waals surface area contributed by atoms with Crippen LogP contribution in [0.25, 0.3) is 0 Å². The lowest BCUT2D eigenvalue weighted by Gasteiger charge is -2.22. The molecule has 0 spiro atoms. The van der Waals surface area contributed by atoms with E-state index in [0.717, 1.165) is 25.7 Å². The molecular formula is C15H32N2O. The molecule has 0 aromatic carbocycles. The monoisotopic (exact) mass is 256 g/mol. The Bertz CT molecular complexity index is 199. The lowest BCUT2D eigenvalue weighted by atomic mass is 10.1. The van der Waals surface area contributed by atoms with Crippen molar-refractivity contribution in [2.24, 2.45) is 0 Å². The molecule has 2 unspecified atom stereocenters. The van der Waals surface area contributed by atoms with Gasteiger partial charge in [0.1, 0.15) is 0 Å². The van der Waals surface area contributed by atoms with Crippen molar-refractivity contribution in [1.29, 1.82) is 0 Å². The second kappa shape index (κ2) is 9.76. The smallest absolute Gasteiger partial charge is 0.0699 e. The van der Waals surface area contributed by atoms with Crippen molar-refractivity contribution in [1.82, 2.24) is 10.2 Å². The van der Waals surface area contributed by atoms with E-state index in [1.54, 1.807) is 0 Å². The van der Waals surface area contributed by atoms with E-state index in [9.17, 15) is 0 Å². The molecule has 0 aromatic heterocycles. The first-order chi connectivity index (χ1) is 8.77. The van der Waals surface area contributed by atoms with Gasteiger partial charge >= 0.3 is 0 Å². The first-order valence-electron chi connectivity index (χ1n) is 7.80. The van der Waals surface area contributed by atoms with Crippen LogP contribution in [0.4, 0.5) is 0 Å².